The predicted molar refractivity (Wildman–Crippen MR) is 213 cm³/mol. The molecule has 10 rings (SSSR count). The molecule has 6 heteroatoms. The number of fused-ring (bicyclic) bond motifs is 4. The lowest BCUT2D eigenvalue weighted by molar-refractivity contribution is 0.669. The summed E-state index contributed by atoms with van der Waals surface area (Å²) in [6.07, 6.45) is 0. The van der Waals surface area contributed by atoms with Crippen LogP contribution < -0.4 is 0 Å². The fourth-order valence-electron chi connectivity index (χ4n) is 6.82. The number of hydrogen-bond donors (Lipinski definition) is 0. The van der Waals surface area contributed by atoms with Gasteiger partial charge in [0.1, 0.15) is 16.2 Å². The summed E-state index contributed by atoms with van der Waals surface area (Å²) < 4.78 is 7.47. The number of para-hydroxylation sites is 1. The number of furan rings is 1. The molecule has 0 aliphatic carbocycles. The minimum absolute atomic E-state index is 0.552. The molecule has 0 amide bonds. The Hall–Kier alpha value is -6.76. The molecule has 0 saturated heterocycles. The molecule has 0 bridgehead atoms. The maximum absolute atomic E-state index is 6.46. The third-order valence-electron chi connectivity index (χ3n) is 9.41. The third kappa shape index (κ3) is 5.34. The second-order valence-corrected chi connectivity index (χ2v) is 13.7. The maximum atomic E-state index is 6.46. The normalized spacial score (nSPS) is 11.5. The van der Waals surface area contributed by atoms with E-state index in [0.717, 1.165) is 70.5 Å². The van der Waals surface area contributed by atoms with Gasteiger partial charge in [0, 0.05) is 33.5 Å². The number of nitrogens with zero attached hydrogens (tertiary/aromatic N) is 4. The summed E-state index contributed by atoms with van der Waals surface area (Å²) in [7, 11) is 0. The van der Waals surface area contributed by atoms with Crippen molar-refractivity contribution in [1.29, 1.82) is 0 Å². The molecule has 3 aromatic heterocycles. The Labute approximate surface area is 303 Å². The van der Waals surface area contributed by atoms with Gasteiger partial charge in [-0.05, 0) is 28.3 Å². The molecule has 0 spiro atoms. The third-order valence-corrected chi connectivity index (χ3v) is 10.5. The number of aromatic nitrogens is 4. The van der Waals surface area contributed by atoms with Crippen LogP contribution in [-0.4, -0.2) is 19.9 Å². The van der Waals surface area contributed by atoms with Crippen molar-refractivity contribution in [1.82, 2.24) is 19.9 Å². The first-order valence-corrected chi connectivity index (χ1v) is 18.0. The lowest BCUT2D eigenvalue weighted by atomic mass is 9.99. The zero-order valence-electron chi connectivity index (χ0n) is 27.8. The van der Waals surface area contributed by atoms with Crippen LogP contribution in [0.5, 0.6) is 0 Å². The quantitative estimate of drug-likeness (QED) is 0.174. The largest absolute Gasteiger partial charge is 0.456 e. The van der Waals surface area contributed by atoms with Crippen molar-refractivity contribution in [2.24, 2.45) is 0 Å². The zero-order chi connectivity index (χ0) is 34.4. The van der Waals surface area contributed by atoms with Gasteiger partial charge >= 0.3 is 0 Å². The van der Waals surface area contributed by atoms with Crippen LogP contribution in [0.1, 0.15) is 0 Å². The highest BCUT2D eigenvalue weighted by Gasteiger charge is 2.23. The highest BCUT2D eigenvalue weighted by Crippen LogP contribution is 2.44. The predicted octanol–water partition coefficient (Wildman–Crippen LogP) is 12.4. The molecule has 0 saturated carbocycles. The second kappa shape index (κ2) is 12.5. The van der Waals surface area contributed by atoms with E-state index in [-0.39, 0.29) is 0 Å². The van der Waals surface area contributed by atoms with Gasteiger partial charge in [-0.3, -0.25) is 0 Å². The van der Waals surface area contributed by atoms with Gasteiger partial charge < -0.3 is 4.42 Å². The van der Waals surface area contributed by atoms with E-state index in [1.807, 2.05) is 72.8 Å². The monoisotopic (exact) mass is 684 g/mol. The van der Waals surface area contributed by atoms with E-state index < -0.39 is 0 Å². The van der Waals surface area contributed by atoms with Gasteiger partial charge in [0.2, 0.25) is 0 Å². The molecule has 244 valence electrons. The molecule has 0 unspecified atom stereocenters. The summed E-state index contributed by atoms with van der Waals surface area (Å²) in [6.45, 7) is 0. The summed E-state index contributed by atoms with van der Waals surface area (Å²) in [5.74, 6) is 1.74. The fraction of sp³-hybridized carbons (Fsp3) is 0. The van der Waals surface area contributed by atoms with Crippen molar-refractivity contribution in [2.45, 2.75) is 0 Å². The van der Waals surface area contributed by atoms with Crippen LogP contribution in [0, 0.1) is 0 Å². The summed E-state index contributed by atoms with van der Waals surface area (Å²) in [4.78, 5) is 20.7. The smallest absolute Gasteiger partial charge is 0.167 e. The lowest BCUT2D eigenvalue weighted by Gasteiger charge is -2.10. The first kappa shape index (κ1) is 30.1. The molecule has 0 atom stereocenters. The minimum Gasteiger partial charge on any atom is -0.456 e. The van der Waals surface area contributed by atoms with Gasteiger partial charge in [0.25, 0.3) is 0 Å². The molecule has 0 N–H and O–H groups in total. The first-order chi connectivity index (χ1) is 25.7. The molecular weight excluding hydrogens is 657 g/mol. The highest BCUT2D eigenvalue weighted by molar-refractivity contribution is 7.21. The molecule has 5 nitrogen and oxygen atoms in total. The van der Waals surface area contributed by atoms with Gasteiger partial charge in [-0.1, -0.05) is 158 Å². The highest BCUT2D eigenvalue weighted by atomic mass is 32.1. The Balaban J connectivity index is 1.15. The van der Waals surface area contributed by atoms with Crippen molar-refractivity contribution in [3.63, 3.8) is 0 Å². The minimum atomic E-state index is 0.552. The molecule has 3 heterocycles. The number of benzene rings is 7. The number of rotatable bonds is 6. The van der Waals surface area contributed by atoms with Crippen molar-refractivity contribution in [2.75, 3.05) is 0 Å². The van der Waals surface area contributed by atoms with Gasteiger partial charge in [-0.2, -0.15) is 0 Å². The Morgan fingerprint density at radius 3 is 1.46 bits per heavy atom. The molecule has 0 aliphatic rings. The van der Waals surface area contributed by atoms with E-state index in [4.69, 9.17) is 24.4 Å². The molecule has 10 aromatic rings. The van der Waals surface area contributed by atoms with Crippen molar-refractivity contribution in [3.05, 3.63) is 170 Å². The van der Waals surface area contributed by atoms with Gasteiger partial charge in [0.05, 0.1) is 15.8 Å². The lowest BCUT2D eigenvalue weighted by Crippen LogP contribution is -2.01. The average Bonchev–Trinajstić information content (AvgIpc) is 3.82. The van der Waals surface area contributed by atoms with Gasteiger partial charge in [-0.25, -0.2) is 19.9 Å². The number of thiazole rings is 1. The van der Waals surface area contributed by atoms with E-state index in [1.165, 1.54) is 11.1 Å². The maximum Gasteiger partial charge on any atom is 0.167 e. The Morgan fingerprint density at radius 2 is 0.846 bits per heavy atom. The van der Waals surface area contributed by atoms with E-state index in [2.05, 4.69) is 97.1 Å². The van der Waals surface area contributed by atoms with E-state index in [9.17, 15) is 0 Å². The van der Waals surface area contributed by atoms with Crippen molar-refractivity contribution < 1.29 is 4.42 Å². The van der Waals surface area contributed by atoms with Crippen LogP contribution in [0.4, 0.5) is 0 Å². The van der Waals surface area contributed by atoms with Crippen LogP contribution >= 0.6 is 11.3 Å². The summed E-state index contributed by atoms with van der Waals surface area (Å²) in [6, 6.07) is 58.1. The van der Waals surface area contributed by atoms with Crippen LogP contribution in [-0.2, 0) is 0 Å². The topological polar surface area (TPSA) is 64.7 Å². The molecule has 0 fully saturated rings. The van der Waals surface area contributed by atoms with Gasteiger partial charge in [-0.15, -0.1) is 11.3 Å². The Morgan fingerprint density at radius 1 is 0.385 bits per heavy atom. The van der Waals surface area contributed by atoms with Crippen LogP contribution in [0.3, 0.4) is 0 Å². The van der Waals surface area contributed by atoms with E-state index >= 15 is 0 Å². The SMILES string of the molecule is c1ccc(-c2ccc(-c3ccc(-c4nc(-c5ccccc5)nc(-c5c6nc(-c7ccccc7)sc6cc6oc7ccccc7c56)n4)cc3)cc2)cc1. The number of hydrogen-bond acceptors (Lipinski definition) is 6. The Kier molecular flexibility index (Phi) is 7.25. The summed E-state index contributed by atoms with van der Waals surface area (Å²) >= 11 is 1.64. The van der Waals surface area contributed by atoms with Crippen molar-refractivity contribution >= 4 is 43.5 Å². The zero-order valence-corrected chi connectivity index (χ0v) is 28.6. The summed E-state index contributed by atoms with van der Waals surface area (Å²) in [5, 5.41) is 2.87. The average molecular weight is 685 g/mol. The second-order valence-electron chi connectivity index (χ2n) is 12.6. The van der Waals surface area contributed by atoms with E-state index in [1.54, 1.807) is 11.3 Å². The van der Waals surface area contributed by atoms with Crippen LogP contribution in [0.2, 0.25) is 0 Å². The molecular formula is C46H28N4OS. The molecule has 0 radical (unpaired) electrons. The molecule has 52 heavy (non-hydrogen) atoms. The first-order valence-electron chi connectivity index (χ1n) is 17.1. The fourth-order valence-corrected chi connectivity index (χ4v) is 7.83. The van der Waals surface area contributed by atoms with Crippen molar-refractivity contribution in [3.8, 4) is 67.0 Å². The van der Waals surface area contributed by atoms with Crippen LogP contribution in [0.25, 0.3) is 99.1 Å². The van der Waals surface area contributed by atoms with E-state index in [0.29, 0.717) is 17.5 Å². The summed E-state index contributed by atoms with van der Waals surface area (Å²) in [5.41, 5.74) is 10.8. The standard InChI is InChI=1S/C46H28N4OS/c1-4-12-29(13-5-1)30-20-22-31(23-21-30)32-24-26-34(27-25-32)44-48-43(33-14-6-2-7-15-33)49-45(50-44)41-40-36-18-10-11-19-37(36)51-38(40)28-39-42(41)47-46(52-39)35-16-8-3-9-17-35/h1-28H. The Bertz CT molecular complexity index is 2870. The van der Waals surface area contributed by atoms with Gasteiger partial charge in [0.15, 0.2) is 17.5 Å². The molecule has 0 aliphatic heterocycles. The molecule has 7 aromatic carbocycles. The van der Waals surface area contributed by atoms with Crippen LogP contribution in [0.15, 0.2) is 174 Å².